The first-order valence-corrected chi connectivity index (χ1v) is 10.9. The summed E-state index contributed by atoms with van der Waals surface area (Å²) in [6.45, 7) is 6.38. The lowest BCUT2D eigenvalue weighted by molar-refractivity contribution is 0.229. The standard InChI is InChI=1S/C22H29O3P/c1-4-7-8-9-10-11-12-14-19-22(21-17-15-13-16-18-21)20-26(23,24-5-2)25-6-3/h13,15-18,20H,4-10H2,1-3H3/b22-20+. The van der Waals surface area contributed by atoms with E-state index in [0.29, 0.717) is 18.8 Å². The molecule has 0 aliphatic carbocycles. The highest BCUT2D eigenvalue weighted by Gasteiger charge is 2.21. The van der Waals surface area contributed by atoms with Crippen molar-refractivity contribution in [3.8, 4) is 23.7 Å². The maximum Gasteiger partial charge on any atom is 0.355 e. The van der Waals surface area contributed by atoms with Crippen LogP contribution in [0.15, 0.2) is 36.1 Å². The number of hydrogen-bond acceptors (Lipinski definition) is 3. The maximum absolute atomic E-state index is 12.8. The fourth-order valence-corrected chi connectivity index (χ4v) is 3.75. The van der Waals surface area contributed by atoms with Gasteiger partial charge in [-0.1, -0.05) is 68.4 Å². The summed E-state index contributed by atoms with van der Waals surface area (Å²) >= 11 is 0. The largest absolute Gasteiger partial charge is 0.355 e. The Morgan fingerprint density at radius 3 is 2.31 bits per heavy atom. The third-order valence-corrected chi connectivity index (χ3v) is 5.30. The molecule has 0 N–H and O–H groups in total. The molecule has 0 unspecified atom stereocenters. The molecule has 0 radical (unpaired) electrons. The molecule has 0 atom stereocenters. The number of benzene rings is 1. The Balaban J connectivity index is 2.98. The van der Waals surface area contributed by atoms with Crippen LogP contribution in [0.5, 0.6) is 0 Å². The van der Waals surface area contributed by atoms with E-state index in [1.165, 1.54) is 25.1 Å². The fraction of sp³-hybridized carbons (Fsp3) is 0.455. The minimum atomic E-state index is -3.33. The summed E-state index contributed by atoms with van der Waals surface area (Å²) in [4.78, 5) is 0. The molecule has 26 heavy (non-hydrogen) atoms. The smallest absolute Gasteiger partial charge is 0.306 e. The highest BCUT2D eigenvalue weighted by atomic mass is 31.2. The van der Waals surface area contributed by atoms with Gasteiger partial charge in [-0.25, -0.2) is 0 Å². The van der Waals surface area contributed by atoms with Crippen molar-refractivity contribution in [1.29, 1.82) is 0 Å². The molecule has 0 aromatic heterocycles. The molecule has 0 amide bonds. The van der Waals surface area contributed by atoms with Crippen LogP contribution in [-0.4, -0.2) is 13.2 Å². The van der Waals surface area contributed by atoms with Gasteiger partial charge in [-0.2, -0.15) is 0 Å². The Kier molecular flexibility index (Phi) is 11.5. The molecule has 3 nitrogen and oxygen atoms in total. The Hall–Kier alpha value is -1.77. The maximum atomic E-state index is 12.8. The molecule has 0 saturated heterocycles. The quantitative estimate of drug-likeness (QED) is 0.276. The normalized spacial score (nSPS) is 11.3. The Bertz CT molecular complexity index is 704. The van der Waals surface area contributed by atoms with E-state index in [9.17, 15) is 4.57 Å². The monoisotopic (exact) mass is 372 g/mol. The van der Waals surface area contributed by atoms with Gasteiger partial charge in [-0.05, 0) is 37.7 Å². The zero-order valence-corrected chi connectivity index (χ0v) is 17.0. The van der Waals surface area contributed by atoms with Gasteiger partial charge in [0.2, 0.25) is 0 Å². The first-order chi connectivity index (χ1) is 12.6. The van der Waals surface area contributed by atoms with Crippen LogP contribution >= 0.6 is 7.60 Å². The van der Waals surface area contributed by atoms with Crippen molar-refractivity contribution in [1.82, 2.24) is 0 Å². The van der Waals surface area contributed by atoms with E-state index in [-0.39, 0.29) is 0 Å². The first kappa shape index (κ1) is 22.3. The zero-order chi connectivity index (χ0) is 19.1. The molecule has 0 saturated carbocycles. The topological polar surface area (TPSA) is 35.5 Å². The summed E-state index contributed by atoms with van der Waals surface area (Å²) in [6.07, 6.45) is 5.64. The highest BCUT2D eigenvalue weighted by Crippen LogP contribution is 2.51. The molecule has 0 bridgehead atoms. The lowest BCUT2D eigenvalue weighted by atomic mass is 10.1. The van der Waals surface area contributed by atoms with Gasteiger partial charge in [0.15, 0.2) is 0 Å². The van der Waals surface area contributed by atoms with Crippen molar-refractivity contribution in [3.05, 3.63) is 41.7 Å². The highest BCUT2D eigenvalue weighted by molar-refractivity contribution is 7.57. The van der Waals surface area contributed by atoms with Crippen LogP contribution in [0.25, 0.3) is 5.57 Å². The number of allylic oxidation sites excluding steroid dienone is 1. The number of unbranched alkanes of at least 4 members (excludes halogenated alkanes) is 4. The molecular weight excluding hydrogens is 343 g/mol. The molecule has 0 aliphatic rings. The van der Waals surface area contributed by atoms with Gasteiger partial charge in [-0.3, -0.25) is 4.57 Å². The molecule has 0 heterocycles. The zero-order valence-electron chi connectivity index (χ0n) is 16.1. The van der Waals surface area contributed by atoms with E-state index in [0.717, 1.165) is 18.4 Å². The van der Waals surface area contributed by atoms with Gasteiger partial charge >= 0.3 is 7.60 Å². The molecule has 1 aromatic carbocycles. The van der Waals surface area contributed by atoms with Crippen molar-refractivity contribution in [2.45, 2.75) is 52.9 Å². The Labute approximate surface area is 158 Å². The second kappa shape index (κ2) is 13.4. The molecule has 0 spiro atoms. The molecule has 1 aromatic rings. The summed E-state index contributed by atoms with van der Waals surface area (Å²) in [5, 5.41) is 0. The second-order valence-electron chi connectivity index (χ2n) is 5.65. The van der Waals surface area contributed by atoms with Gasteiger partial charge in [0, 0.05) is 17.8 Å². The molecule has 0 fully saturated rings. The molecular formula is C22H29O3P. The molecule has 4 heteroatoms. The fourth-order valence-electron chi connectivity index (χ4n) is 2.27. The van der Waals surface area contributed by atoms with Crippen LogP contribution in [0, 0.1) is 23.7 Å². The third kappa shape index (κ3) is 9.07. The second-order valence-corrected chi connectivity index (χ2v) is 7.50. The van der Waals surface area contributed by atoms with Crippen molar-refractivity contribution in [2.24, 2.45) is 0 Å². The molecule has 0 aliphatic heterocycles. The van der Waals surface area contributed by atoms with E-state index in [2.05, 4.69) is 30.6 Å². The van der Waals surface area contributed by atoms with E-state index in [4.69, 9.17) is 9.05 Å². The molecule has 140 valence electrons. The molecule has 1 rings (SSSR count). The van der Waals surface area contributed by atoms with Crippen LogP contribution < -0.4 is 0 Å². The van der Waals surface area contributed by atoms with Gasteiger partial charge in [0.1, 0.15) is 0 Å². The lowest BCUT2D eigenvalue weighted by Crippen LogP contribution is -1.94. The summed E-state index contributed by atoms with van der Waals surface area (Å²) in [7, 11) is -3.33. The average molecular weight is 372 g/mol. The summed E-state index contributed by atoms with van der Waals surface area (Å²) in [6, 6.07) is 9.59. The van der Waals surface area contributed by atoms with E-state index in [1.54, 1.807) is 13.8 Å². The van der Waals surface area contributed by atoms with E-state index in [1.807, 2.05) is 30.3 Å². The van der Waals surface area contributed by atoms with E-state index >= 15 is 0 Å². The van der Waals surface area contributed by atoms with Crippen molar-refractivity contribution in [2.75, 3.05) is 13.2 Å². The van der Waals surface area contributed by atoms with Crippen molar-refractivity contribution < 1.29 is 13.6 Å². The first-order valence-electron chi connectivity index (χ1n) is 9.31. The van der Waals surface area contributed by atoms with Gasteiger partial charge in [0.05, 0.1) is 13.2 Å². The predicted molar refractivity (Wildman–Crippen MR) is 110 cm³/mol. The van der Waals surface area contributed by atoms with Crippen LogP contribution in [-0.2, 0) is 13.6 Å². The summed E-state index contributed by atoms with van der Waals surface area (Å²) < 4.78 is 23.5. The summed E-state index contributed by atoms with van der Waals surface area (Å²) in [5.41, 5.74) is 1.47. The number of rotatable bonds is 10. The van der Waals surface area contributed by atoms with Crippen LogP contribution in [0.3, 0.4) is 0 Å². The third-order valence-electron chi connectivity index (χ3n) is 3.49. The lowest BCUT2D eigenvalue weighted by Gasteiger charge is -2.13. The van der Waals surface area contributed by atoms with Gasteiger partial charge < -0.3 is 9.05 Å². The van der Waals surface area contributed by atoms with E-state index < -0.39 is 7.60 Å². The Morgan fingerprint density at radius 1 is 1.00 bits per heavy atom. The van der Waals surface area contributed by atoms with Crippen molar-refractivity contribution in [3.63, 3.8) is 0 Å². The van der Waals surface area contributed by atoms with Crippen LogP contribution in [0.2, 0.25) is 0 Å². The van der Waals surface area contributed by atoms with Crippen molar-refractivity contribution >= 4 is 13.2 Å². The Morgan fingerprint density at radius 2 is 1.69 bits per heavy atom. The van der Waals surface area contributed by atoms with Crippen LogP contribution in [0.4, 0.5) is 0 Å². The minimum Gasteiger partial charge on any atom is -0.306 e. The van der Waals surface area contributed by atoms with Gasteiger partial charge in [-0.15, -0.1) is 0 Å². The number of hydrogen-bond donors (Lipinski definition) is 0. The SMILES string of the molecule is CCCCCCC#CC#C/C(=C\P(=O)(OCC)OCC)c1ccccc1. The van der Waals surface area contributed by atoms with Gasteiger partial charge in [0.25, 0.3) is 0 Å². The summed E-state index contributed by atoms with van der Waals surface area (Å²) in [5.74, 6) is 13.4. The average Bonchev–Trinajstić information content (AvgIpc) is 2.64. The minimum absolute atomic E-state index is 0.306. The predicted octanol–water partition coefficient (Wildman–Crippen LogP) is 6.27. The van der Waals surface area contributed by atoms with Crippen LogP contribution in [0.1, 0.15) is 58.4 Å².